The Bertz CT molecular complexity index is 824. The van der Waals surface area contributed by atoms with Crippen LogP contribution in [-0.4, -0.2) is 40.2 Å². The number of ether oxygens (including phenoxy) is 1. The molecule has 4 N–H and O–H groups in total. The van der Waals surface area contributed by atoms with Crippen LogP contribution in [0.2, 0.25) is 0 Å². The summed E-state index contributed by atoms with van der Waals surface area (Å²) in [6.07, 6.45) is 9.28. The zero-order chi connectivity index (χ0) is 22.1. The Kier molecular flexibility index (Phi) is 5.13. The van der Waals surface area contributed by atoms with Gasteiger partial charge in [-0.1, -0.05) is 12.1 Å². The van der Waals surface area contributed by atoms with Crippen LogP contribution in [0.5, 0.6) is 0 Å². The van der Waals surface area contributed by atoms with E-state index in [1.165, 1.54) is 19.3 Å². The lowest BCUT2D eigenvalue weighted by atomic mass is 9.41. The second-order valence-electron chi connectivity index (χ2n) is 11.9. The number of rotatable bonds is 4. The molecule has 0 bridgehead atoms. The van der Waals surface area contributed by atoms with Crippen LogP contribution >= 0.6 is 0 Å². The third kappa shape index (κ3) is 3.08. The summed E-state index contributed by atoms with van der Waals surface area (Å²) in [6, 6.07) is 1.96. The van der Waals surface area contributed by atoms with E-state index in [4.69, 9.17) is 15.0 Å². The molecular weight excluding hydrogens is 392 g/mol. The van der Waals surface area contributed by atoms with Gasteiger partial charge in [-0.05, 0) is 87.9 Å². The van der Waals surface area contributed by atoms with Crippen LogP contribution in [0.4, 0.5) is 0 Å². The number of aromatic nitrogens is 1. The summed E-state index contributed by atoms with van der Waals surface area (Å²) in [4.78, 5) is 0. The Hall–Kier alpha value is -0.950. The van der Waals surface area contributed by atoms with Crippen molar-refractivity contribution in [3.63, 3.8) is 0 Å². The van der Waals surface area contributed by atoms with E-state index in [0.717, 1.165) is 37.8 Å². The van der Waals surface area contributed by atoms with Crippen molar-refractivity contribution in [2.24, 2.45) is 34.3 Å². The summed E-state index contributed by atoms with van der Waals surface area (Å²) in [7, 11) is 1.81. The Labute approximate surface area is 185 Å². The van der Waals surface area contributed by atoms with Crippen LogP contribution in [0.15, 0.2) is 10.6 Å². The number of nitrogens with two attached hydrogens (primary N) is 1. The van der Waals surface area contributed by atoms with Crippen LogP contribution in [-0.2, 0) is 11.3 Å². The van der Waals surface area contributed by atoms with Crippen molar-refractivity contribution < 1.29 is 19.5 Å². The smallest absolute Gasteiger partial charge is 0.162 e. The lowest BCUT2D eigenvalue weighted by molar-refractivity contribution is -0.183. The van der Waals surface area contributed by atoms with Crippen LogP contribution in [0.3, 0.4) is 0 Å². The van der Waals surface area contributed by atoms with Gasteiger partial charge in [-0.2, -0.15) is 0 Å². The average Bonchev–Trinajstić information content (AvgIpc) is 3.31. The highest BCUT2D eigenvalue weighted by Crippen LogP contribution is 2.69. The van der Waals surface area contributed by atoms with Crippen molar-refractivity contribution in [3.05, 3.63) is 17.5 Å². The highest BCUT2D eigenvalue weighted by molar-refractivity contribution is 5.23. The molecule has 4 fully saturated rings. The number of hydrogen-bond acceptors (Lipinski definition) is 6. The quantitative estimate of drug-likeness (QED) is 0.670. The second-order valence-corrected chi connectivity index (χ2v) is 11.9. The van der Waals surface area contributed by atoms with Gasteiger partial charge in [-0.25, -0.2) is 0 Å². The van der Waals surface area contributed by atoms with E-state index in [-0.39, 0.29) is 23.0 Å². The number of hydrogen-bond donors (Lipinski definition) is 3. The van der Waals surface area contributed by atoms with Crippen LogP contribution in [0, 0.1) is 28.6 Å². The predicted octanol–water partition coefficient (Wildman–Crippen LogP) is 3.75. The topological polar surface area (TPSA) is 102 Å². The molecule has 4 aliphatic rings. The summed E-state index contributed by atoms with van der Waals surface area (Å²) in [5.74, 6) is 2.84. The third-order valence-electron chi connectivity index (χ3n) is 10.4. The minimum Gasteiger partial charge on any atom is -0.390 e. The van der Waals surface area contributed by atoms with E-state index >= 15 is 0 Å². The standard InChI is InChI=1S/C25H40N2O4/c1-22(29)10-11-24(15-30-3)19-7-8-23(2)18(17(19)6-9-25(24,26)14-22)4-5-20(23)21-12-16(13-28)31-27-21/h12,17-20,28-29H,4-11,13-15,26H2,1-3H3/t17?,18-,19-,20+,22+,23-,24-,25-/m0/s1. The fourth-order valence-corrected chi connectivity index (χ4v) is 9.01. The molecule has 0 aliphatic heterocycles. The normalized spacial score (nSPS) is 49.4. The second kappa shape index (κ2) is 7.28. The zero-order valence-corrected chi connectivity index (χ0v) is 19.4. The molecular formula is C25H40N2O4. The molecule has 0 radical (unpaired) electrons. The molecule has 1 aromatic rings. The third-order valence-corrected chi connectivity index (χ3v) is 10.4. The monoisotopic (exact) mass is 432 g/mol. The van der Waals surface area contributed by atoms with Crippen molar-refractivity contribution in [2.75, 3.05) is 13.7 Å². The van der Waals surface area contributed by atoms with Crippen molar-refractivity contribution in [1.29, 1.82) is 0 Å². The van der Waals surface area contributed by atoms with Gasteiger partial charge in [-0.15, -0.1) is 0 Å². The first kappa shape index (κ1) is 21.9. The molecule has 0 saturated heterocycles. The summed E-state index contributed by atoms with van der Waals surface area (Å²) in [5, 5.41) is 24.6. The van der Waals surface area contributed by atoms with Crippen molar-refractivity contribution in [1.82, 2.24) is 5.16 Å². The molecule has 0 spiro atoms. The average molecular weight is 433 g/mol. The van der Waals surface area contributed by atoms with E-state index in [2.05, 4.69) is 12.1 Å². The predicted molar refractivity (Wildman–Crippen MR) is 117 cm³/mol. The Morgan fingerprint density at radius 1 is 1.13 bits per heavy atom. The highest BCUT2D eigenvalue weighted by atomic mass is 16.5. The minimum absolute atomic E-state index is 0.0374. The van der Waals surface area contributed by atoms with Gasteiger partial charge in [0.2, 0.25) is 0 Å². The number of aliphatic hydroxyl groups excluding tert-OH is 1. The fourth-order valence-electron chi connectivity index (χ4n) is 9.01. The van der Waals surface area contributed by atoms with E-state index in [1.54, 1.807) is 0 Å². The van der Waals surface area contributed by atoms with Crippen LogP contribution < -0.4 is 5.73 Å². The molecule has 8 atom stereocenters. The first-order valence-electron chi connectivity index (χ1n) is 12.2. The first-order chi connectivity index (χ1) is 14.7. The molecule has 1 aromatic heterocycles. The van der Waals surface area contributed by atoms with Gasteiger partial charge in [0.25, 0.3) is 0 Å². The van der Waals surface area contributed by atoms with Gasteiger partial charge in [0, 0.05) is 30.0 Å². The van der Waals surface area contributed by atoms with Crippen LogP contribution in [0.1, 0.15) is 89.0 Å². The summed E-state index contributed by atoms with van der Waals surface area (Å²) >= 11 is 0. The fraction of sp³-hybridized carbons (Fsp3) is 0.880. The largest absolute Gasteiger partial charge is 0.390 e. The van der Waals surface area contributed by atoms with Crippen molar-refractivity contribution in [2.45, 2.75) is 95.3 Å². The molecule has 0 amide bonds. The van der Waals surface area contributed by atoms with E-state index < -0.39 is 5.60 Å². The number of methoxy groups -OCH3 is 1. The van der Waals surface area contributed by atoms with Crippen molar-refractivity contribution in [3.8, 4) is 0 Å². The maximum Gasteiger partial charge on any atom is 0.162 e. The van der Waals surface area contributed by atoms with E-state index in [1.807, 2.05) is 20.1 Å². The maximum absolute atomic E-state index is 10.9. The first-order valence-corrected chi connectivity index (χ1v) is 12.2. The zero-order valence-electron chi connectivity index (χ0n) is 19.4. The summed E-state index contributed by atoms with van der Waals surface area (Å²) < 4.78 is 11.2. The van der Waals surface area contributed by atoms with Crippen LogP contribution in [0.25, 0.3) is 0 Å². The maximum atomic E-state index is 10.9. The highest BCUT2D eigenvalue weighted by Gasteiger charge is 2.66. The molecule has 5 rings (SSSR count). The molecule has 6 heteroatoms. The Morgan fingerprint density at radius 2 is 1.94 bits per heavy atom. The Balaban J connectivity index is 1.46. The van der Waals surface area contributed by atoms with Gasteiger partial charge in [-0.3, -0.25) is 0 Å². The molecule has 31 heavy (non-hydrogen) atoms. The molecule has 4 saturated carbocycles. The molecule has 4 aliphatic carbocycles. The SMILES string of the molecule is COC[C@]12CC[C@@](C)(O)C[C@@]1(N)CCC1[C@@H]3CC[C@H](c4cc(CO)on4)[C@@]3(C)CC[C@@H]12. The molecule has 6 nitrogen and oxygen atoms in total. The van der Waals surface area contributed by atoms with Gasteiger partial charge in [0.1, 0.15) is 6.61 Å². The number of nitrogens with zero attached hydrogens (tertiary/aromatic N) is 1. The molecule has 174 valence electrons. The Morgan fingerprint density at radius 3 is 2.65 bits per heavy atom. The minimum atomic E-state index is -0.669. The van der Waals surface area contributed by atoms with Crippen molar-refractivity contribution >= 4 is 0 Å². The number of aliphatic hydroxyl groups is 2. The number of fused-ring (bicyclic) bond motifs is 5. The van der Waals surface area contributed by atoms with Gasteiger partial charge in [0.15, 0.2) is 5.76 Å². The van der Waals surface area contributed by atoms with Gasteiger partial charge < -0.3 is 25.2 Å². The molecule has 1 heterocycles. The van der Waals surface area contributed by atoms with Gasteiger partial charge in [0.05, 0.1) is 17.9 Å². The van der Waals surface area contributed by atoms with E-state index in [9.17, 15) is 10.2 Å². The van der Waals surface area contributed by atoms with E-state index in [0.29, 0.717) is 42.5 Å². The summed E-state index contributed by atoms with van der Waals surface area (Å²) in [6.45, 7) is 5.05. The summed E-state index contributed by atoms with van der Waals surface area (Å²) in [5.41, 5.74) is 7.38. The lowest BCUT2D eigenvalue weighted by Gasteiger charge is -2.66. The molecule has 1 unspecified atom stereocenters. The lowest BCUT2D eigenvalue weighted by Crippen LogP contribution is -2.71. The molecule has 0 aromatic carbocycles. The van der Waals surface area contributed by atoms with Gasteiger partial charge >= 0.3 is 0 Å².